The molecule has 16 rings (SSSR count). The minimum atomic E-state index is 0.409. The quantitative estimate of drug-likeness (QED) is 0.135. The molecule has 0 spiro atoms. The van der Waals surface area contributed by atoms with Crippen molar-refractivity contribution in [2.75, 3.05) is 106 Å². The first-order valence-electron chi connectivity index (χ1n) is 33.8. The van der Waals surface area contributed by atoms with Crippen molar-refractivity contribution in [2.24, 2.45) is 0 Å². The van der Waals surface area contributed by atoms with E-state index in [0.29, 0.717) is 129 Å². The van der Waals surface area contributed by atoms with Gasteiger partial charge in [-0.15, -0.1) is 0 Å². The maximum Gasteiger partial charge on any atom is 0.161 e. The molecule has 0 saturated carbocycles. The van der Waals surface area contributed by atoms with E-state index in [2.05, 4.69) is 170 Å². The van der Waals surface area contributed by atoms with Gasteiger partial charge in [-0.05, 0) is 113 Å². The maximum absolute atomic E-state index is 6.55. The number of rotatable bonds is 0. The Morgan fingerprint density at radius 1 is 0.156 bits per heavy atom. The van der Waals surface area contributed by atoms with Gasteiger partial charge in [-0.2, -0.15) is 0 Å². The van der Waals surface area contributed by atoms with E-state index in [-0.39, 0.29) is 0 Å². The SMILES string of the molecule is c1cc2cc(c1)Cc1cccc3c1OCCOCCOc1ccccc1OCCOCCOc1c(cccc1Cc1cccc(c1)C3)C2.c1cc2cc(c1)Cc1cccc3c1OCCOCCOc1ccccc1OCCOCCOc1c(cccc1Cc1cccc(c1)C3)C2. The lowest BCUT2D eigenvalue weighted by Crippen LogP contribution is -2.14. The normalized spacial score (nSPS) is 15.8. The van der Waals surface area contributed by atoms with Crippen LogP contribution in [-0.2, 0) is 70.3 Å². The number of fused-ring (bicyclic) bond motifs is 24. The highest BCUT2D eigenvalue weighted by Gasteiger charge is 2.20. The van der Waals surface area contributed by atoms with Crippen LogP contribution in [0.2, 0.25) is 0 Å². The Hall–Kier alpha value is -9.56. The lowest BCUT2D eigenvalue weighted by molar-refractivity contribution is 0.0695. The van der Waals surface area contributed by atoms with Crippen LogP contribution in [-0.4, -0.2) is 106 Å². The molecule has 492 valence electrons. The molecular weight excluding hydrogens is 1200 g/mol. The molecule has 0 N–H and O–H groups in total. The zero-order valence-electron chi connectivity index (χ0n) is 54.7. The highest BCUT2D eigenvalue weighted by molar-refractivity contribution is 5.53. The van der Waals surface area contributed by atoms with Crippen LogP contribution >= 0.6 is 0 Å². The maximum atomic E-state index is 6.55. The molecular formula is C84H84O12. The number of hydrogen-bond donors (Lipinski definition) is 0. The first-order chi connectivity index (χ1) is 47.6. The average molecular weight is 1290 g/mol. The van der Waals surface area contributed by atoms with Gasteiger partial charge < -0.3 is 56.8 Å². The molecule has 10 aromatic rings. The van der Waals surface area contributed by atoms with E-state index < -0.39 is 0 Å². The van der Waals surface area contributed by atoms with Gasteiger partial charge in [0.2, 0.25) is 0 Å². The average Bonchev–Trinajstić information content (AvgIpc) is 0.848. The van der Waals surface area contributed by atoms with Crippen molar-refractivity contribution in [2.45, 2.75) is 51.4 Å². The van der Waals surface area contributed by atoms with Crippen LogP contribution in [0.5, 0.6) is 46.0 Å². The molecule has 0 amide bonds. The Morgan fingerprint density at radius 3 is 0.510 bits per heavy atom. The zero-order chi connectivity index (χ0) is 64.8. The van der Waals surface area contributed by atoms with E-state index in [0.717, 1.165) is 74.4 Å². The highest BCUT2D eigenvalue weighted by atomic mass is 16.6. The Kier molecular flexibility index (Phi) is 22.9. The van der Waals surface area contributed by atoms with E-state index in [4.69, 9.17) is 56.8 Å². The lowest BCUT2D eigenvalue weighted by Gasteiger charge is -2.19. The molecule has 6 aliphatic rings. The summed E-state index contributed by atoms with van der Waals surface area (Å²) in [5.41, 5.74) is 19.3. The van der Waals surface area contributed by atoms with Gasteiger partial charge in [-0.1, -0.05) is 194 Å². The van der Waals surface area contributed by atoms with Crippen LogP contribution < -0.4 is 37.9 Å². The summed E-state index contributed by atoms with van der Waals surface area (Å²) < 4.78 is 74.0. The van der Waals surface area contributed by atoms with E-state index in [1.165, 1.54) is 89.0 Å². The smallest absolute Gasteiger partial charge is 0.161 e. The summed E-state index contributed by atoms with van der Waals surface area (Å²) in [6.45, 7) is 7.02. The monoisotopic (exact) mass is 1280 g/mol. The molecule has 0 fully saturated rings. The van der Waals surface area contributed by atoms with Crippen LogP contribution in [0.25, 0.3) is 0 Å². The number of ether oxygens (including phenoxy) is 12. The molecule has 0 atom stereocenters. The van der Waals surface area contributed by atoms with Gasteiger partial charge >= 0.3 is 0 Å². The van der Waals surface area contributed by atoms with Gasteiger partial charge in [0, 0.05) is 51.4 Å². The molecule has 4 aliphatic heterocycles. The van der Waals surface area contributed by atoms with Gasteiger partial charge in [0.25, 0.3) is 0 Å². The first-order valence-corrected chi connectivity index (χ1v) is 33.8. The predicted octanol–water partition coefficient (Wildman–Crippen LogP) is 15.3. The standard InChI is InChI=1S/2C42H42O6/c2*1-2-16-40-39(15-1)45-21-17-43-19-23-47-41-35-11-5-12-36(41)28-32-8-4-10-34(26-32)30-38-14-6-13-37(29-33-9-3-7-31(25-33)27-35)42(38)48-24-20-44-18-22-46-40/h2*1-16,25-26H,17-24,27-30H2. The van der Waals surface area contributed by atoms with Crippen molar-refractivity contribution in [3.63, 3.8) is 0 Å². The molecule has 96 heavy (non-hydrogen) atoms. The Labute approximate surface area is 564 Å². The number of benzene rings is 10. The third-order valence-corrected chi connectivity index (χ3v) is 17.4. The third-order valence-electron chi connectivity index (χ3n) is 17.4. The van der Waals surface area contributed by atoms with Crippen molar-refractivity contribution in [1.29, 1.82) is 0 Å². The van der Waals surface area contributed by atoms with Crippen molar-refractivity contribution >= 4 is 0 Å². The number of para-hydroxylation sites is 8. The molecule has 0 aromatic heterocycles. The molecule has 12 nitrogen and oxygen atoms in total. The van der Waals surface area contributed by atoms with E-state index in [1.54, 1.807) is 0 Å². The second-order valence-corrected chi connectivity index (χ2v) is 24.4. The van der Waals surface area contributed by atoms with Crippen molar-refractivity contribution in [3.8, 4) is 46.0 Å². The van der Waals surface area contributed by atoms with Crippen LogP contribution in [0.4, 0.5) is 0 Å². The first kappa shape index (κ1) is 65.1. The van der Waals surface area contributed by atoms with E-state index in [1.807, 2.05) is 48.5 Å². The molecule has 2 aliphatic carbocycles. The van der Waals surface area contributed by atoms with Crippen molar-refractivity contribution < 1.29 is 56.8 Å². The highest BCUT2D eigenvalue weighted by Crippen LogP contribution is 2.36. The second-order valence-electron chi connectivity index (χ2n) is 24.4. The number of hydrogen-bond acceptors (Lipinski definition) is 12. The van der Waals surface area contributed by atoms with Gasteiger partial charge in [0.05, 0.1) is 52.9 Å². The topological polar surface area (TPSA) is 111 Å². The second kappa shape index (κ2) is 33.7. The summed E-state index contributed by atoms with van der Waals surface area (Å²) in [5.74, 6) is 6.53. The van der Waals surface area contributed by atoms with E-state index in [9.17, 15) is 0 Å². The fourth-order valence-corrected chi connectivity index (χ4v) is 13.0. The van der Waals surface area contributed by atoms with Crippen LogP contribution in [0.1, 0.15) is 89.0 Å². The molecule has 10 aromatic carbocycles. The third kappa shape index (κ3) is 18.1. The van der Waals surface area contributed by atoms with Gasteiger partial charge in [0.1, 0.15) is 75.9 Å². The van der Waals surface area contributed by atoms with Crippen LogP contribution in [0.3, 0.4) is 0 Å². The summed E-state index contributed by atoms with van der Waals surface area (Å²) in [6, 6.07) is 77.0. The van der Waals surface area contributed by atoms with Gasteiger partial charge in [0.15, 0.2) is 23.0 Å². The molecule has 12 heteroatoms. The molecule has 0 unspecified atom stereocenters. The predicted molar refractivity (Wildman–Crippen MR) is 374 cm³/mol. The summed E-state index contributed by atoms with van der Waals surface area (Å²) in [7, 11) is 0. The van der Waals surface area contributed by atoms with Crippen LogP contribution in [0.15, 0.2) is 218 Å². The lowest BCUT2D eigenvalue weighted by atomic mass is 9.92. The Balaban J connectivity index is 0.000000174. The molecule has 0 radical (unpaired) electrons. The Morgan fingerprint density at radius 2 is 0.323 bits per heavy atom. The summed E-state index contributed by atoms with van der Waals surface area (Å²) in [5, 5.41) is 0. The van der Waals surface area contributed by atoms with Crippen molar-refractivity contribution in [1.82, 2.24) is 0 Å². The summed E-state index contributed by atoms with van der Waals surface area (Å²) >= 11 is 0. The fraction of sp³-hybridized carbons (Fsp3) is 0.286. The minimum absolute atomic E-state index is 0.409. The van der Waals surface area contributed by atoms with Gasteiger partial charge in [-0.25, -0.2) is 0 Å². The summed E-state index contributed by atoms with van der Waals surface area (Å²) in [6.07, 6.45) is 6.17. The summed E-state index contributed by atoms with van der Waals surface area (Å²) in [4.78, 5) is 0. The molecule has 4 heterocycles. The molecule has 0 saturated heterocycles. The van der Waals surface area contributed by atoms with E-state index >= 15 is 0 Å². The Bertz CT molecular complexity index is 3470. The zero-order valence-corrected chi connectivity index (χ0v) is 54.7. The fourth-order valence-electron chi connectivity index (χ4n) is 13.0. The minimum Gasteiger partial charge on any atom is -0.491 e. The van der Waals surface area contributed by atoms with Gasteiger partial charge in [-0.3, -0.25) is 0 Å². The van der Waals surface area contributed by atoms with Crippen molar-refractivity contribution in [3.05, 3.63) is 307 Å². The van der Waals surface area contributed by atoms with Crippen LogP contribution in [0, 0.1) is 0 Å². The largest absolute Gasteiger partial charge is 0.491 e. The molecule has 20 bridgehead atoms.